The first-order valence-corrected chi connectivity index (χ1v) is 17.8. The Morgan fingerprint density at radius 3 is 2.49 bits per heavy atom. The average molecular weight is 671 g/mol. The first-order chi connectivity index (χ1) is 22.3. The fraction of sp³-hybridized carbons (Fsp3) is 0.515. The van der Waals surface area contributed by atoms with Gasteiger partial charge in [0.1, 0.15) is 22.9 Å². The van der Waals surface area contributed by atoms with Crippen LogP contribution < -0.4 is 5.32 Å². The number of anilines is 2. The van der Waals surface area contributed by atoms with Crippen LogP contribution in [0.1, 0.15) is 51.7 Å². The quantitative estimate of drug-likeness (QED) is 0.158. The molecule has 0 radical (unpaired) electrons. The summed E-state index contributed by atoms with van der Waals surface area (Å²) in [5, 5.41) is 3.10. The smallest absolute Gasteiger partial charge is 0.323 e. The van der Waals surface area contributed by atoms with Gasteiger partial charge in [0.15, 0.2) is 11.6 Å². The Morgan fingerprint density at radius 2 is 1.79 bits per heavy atom. The highest BCUT2D eigenvalue weighted by Gasteiger charge is 2.25. The molecule has 0 aliphatic carbocycles. The molecule has 0 spiro atoms. The molecule has 1 aliphatic rings. The molecule has 0 saturated carbocycles. The van der Waals surface area contributed by atoms with Crippen molar-refractivity contribution < 1.29 is 22.4 Å². The van der Waals surface area contributed by atoms with Crippen molar-refractivity contribution in [1.29, 1.82) is 0 Å². The highest BCUT2D eigenvalue weighted by atomic mass is 31.2. The maximum atomic E-state index is 15.2. The van der Waals surface area contributed by atoms with Crippen molar-refractivity contribution in [1.82, 2.24) is 34.3 Å². The SMILES string of the molecule is CCOP(=O)(CCN(C)CCN1CCc2nc(Nc3ncc(F)c(-c4cc(F)c5nc(C)n(C(C)(C)C)c5c4)n3)ccc2C1)OCC. The normalized spacial score (nSPS) is 14.3. The molecule has 0 fully saturated rings. The first kappa shape index (κ1) is 35.0. The summed E-state index contributed by atoms with van der Waals surface area (Å²) in [5.41, 5.74) is 2.86. The van der Waals surface area contributed by atoms with Gasteiger partial charge >= 0.3 is 7.60 Å². The van der Waals surface area contributed by atoms with E-state index in [0.29, 0.717) is 48.6 Å². The number of benzene rings is 1. The summed E-state index contributed by atoms with van der Waals surface area (Å²) in [7, 11) is -1.04. The molecule has 0 atom stereocenters. The summed E-state index contributed by atoms with van der Waals surface area (Å²) in [6.45, 7) is 16.1. The van der Waals surface area contributed by atoms with E-state index in [4.69, 9.17) is 14.0 Å². The number of nitrogens with zero attached hydrogens (tertiary/aromatic N) is 7. The second kappa shape index (κ2) is 14.4. The third-order valence-electron chi connectivity index (χ3n) is 8.14. The third kappa shape index (κ3) is 8.21. The zero-order chi connectivity index (χ0) is 33.9. The lowest BCUT2D eigenvalue weighted by atomic mass is 10.1. The Labute approximate surface area is 275 Å². The van der Waals surface area contributed by atoms with Crippen molar-refractivity contribution in [3.63, 3.8) is 0 Å². The lowest BCUT2D eigenvalue weighted by Gasteiger charge is -2.30. The standard InChI is InChI=1S/C33H45F2N8O3P/c1-8-45-47(44,46-9-2)17-16-41(7)14-15-42-13-12-27-23(21-42)10-11-29(38-27)39-32-36-20-26(35)30(40-32)24-18-25(34)31-28(19-24)43(22(3)37-31)33(4,5)6/h10-11,18-20H,8-9,12-17,21H2,1-7H3,(H,36,38,39,40). The van der Waals surface area contributed by atoms with E-state index in [2.05, 4.69) is 30.1 Å². The van der Waals surface area contributed by atoms with Crippen LogP contribution in [-0.2, 0) is 32.1 Å². The zero-order valence-electron chi connectivity index (χ0n) is 28.3. The van der Waals surface area contributed by atoms with Crippen LogP contribution in [-0.4, -0.2) is 86.9 Å². The van der Waals surface area contributed by atoms with Gasteiger partial charge in [-0.1, -0.05) is 6.07 Å². The van der Waals surface area contributed by atoms with Crippen molar-refractivity contribution in [2.75, 3.05) is 57.9 Å². The molecule has 4 heterocycles. The number of rotatable bonds is 13. The Hall–Kier alpha value is -3.35. The van der Waals surface area contributed by atoms with Gasteiger partial charge in [-0.3, -0.25) is 9.46 Å². The van der Waals surface area contributed by atoms with Crippen LogP contribution in [0.5, 0.6) is 0 Å². The lowest BCUT2D eigenvalue weighted by Crippen LogP contribution is -2.37. The van der Waals surface area contributed by atoms with E-state index < -0.39 is 19.2 Å². The third-order valence-corrected chi connectivity index (χ3v) is 10.2. The van der Waals surface area contributed by atoms with Crippen molar-refractivity contribution >= 4 is 30.4 Å². The van der Waals surface area contributed by atoms with Gasteiger partial charge < -0.3 is 23.8 Å². The predicted molar refractivity (Wildman–Crippen MR) is 180 cm³/mol. The fourth-order valence-corrected chi connectivity index (χ4v) is 7.70. The molecule has 1 N–H and O–H groups in total. The molecule has 0 saturated heterocycles. The summed E-state index contributed by atoms with van der Waals surface area (Å²) >= 11 is 0. The van der Waals surface area contributed by atoms with E-state index in [9.17, 15) is 4.57 Å². The molecule has 1 aliphatic heterocycles. The molecule has 254 valence electrons. The lowest BCUT2D eigenvalue weighted by molar-refractivity contribution is 0.202. The van der Waals surface area contributed by atoms with Crippen LogP contribution in [0.25, 0.3) is 22.3 Å². The van der Waals surface area contributed by atoms with Gasteiger partial charge in [-0.05, 0) is 72.4 Å². The summed E-state index contributed by atoms with van der Waals surface area (Å²) in [6.07, 6.45) is 2.22. The van der Waals surface area contributed by atoms with Crippen molar-refractivity contribution in [3.05, 3.63) is 59.2 Å². The fourth-order valence-electron chi connectivity index (χ4n) is 5.99. The molecule has 5 rings (SSSR count). The highest BCUT2D eigenvalue weighted by Crippen LogP contribution is 2.47. The monoisotopic (exact) mass is 670 g/mol. The van der Waals surface area contributed by atoms with Crippen LogP contribution >= 0.6 is 7.60 Å². The van der Waals surface area contributed by atoms with Crippen LogP contribution in [0.4, 0.5) is 20.5 Å². The zero-order valence-corrected chi connectivity index (χ0v) is 29.2. The average Bonchev–Trinajstić information content (AvgIpc) is 3.37. The first-order valence-electron chi connectivity index (χ1n) is 16.1. The number of aromatic nitrogens is 5. The van der Waals surface area contributed by atoms with Crippen LogP contribution in [0.3, 0.4) is 0 Å². The van der Waals surface area contributed by atoms with Gasteiger partial charge in [0.25, 0.3) is 0 Å². The molecule has 11 nitrogen and oxygen atoms in total. The summed E-state index contributed by atoms with van der Waals surface area (Å²) < 4.78 is 55.8. The molecule has 0 bridgehead atoms. The van der Waals surface area contributed by atoms with Gasteiger partial charge in [0, 0.05) is 55.9 Å². The van der Waals surface area contributed by atoms with Gasteiger partial charge in [-0.15, -0.1) is 0 Å². The second-order valence-electron chi connectivity index (χ2n) is 12.8. The summed E-state index contributed by atoms with van der Waals surface area (Å²) in [5.74, 6) is 0.183. The van der Waals surface area contributed by atoms with E-state index in [1.165, 1.54) is 6.07 Å². The number of halogens is 2. The molecule has 0 unspecified atom stereocenters. The largest absolute Gasteiger partial charge is 0.331 e. The topological polar surface area (TPSA) is 111 Å². The van der Waals surface area contributed by atoms with Crippen LogP contribution in [0, 0.1) is 18.6 Å². The Morgan fingerprint density at radius 1 is 1.04 bits per heavy atom. The van der Waals surface area contributed by atoms with E-state index in [-0.39, 0.29) is 22.7 Å². The molecule has 1 aromatic carbocycles. The second-order valence-corrected chi connectivity index (χ2v) is 15.0. The van der Waals surface area contributed by atoms with E-state index in [1.54, 1.807) is 6.07 Å². The number of fused-ring (bicyclic) bond motifs is 2. The minimum Gasteiger partial charge on any atom is -0.323 e. The summed E-state index contributed by atoms with van der Waals surface area (Å²) in [6, 6.07) is 6.87. The molecular weight excluding hydrogens is 625 g/mol. The maximum Gasteiger partial charge on any atom is 0.331 e. The molecule has 4 aromatic rings. The Kier molecular flexibility index (Phi) is 10.7. The van der Waals surface area contributed by atoms with E-state index in [0.717, 1.165) is 50.1 Å². The van der Waals surface area contributed by atoms with Gasteiger partial charge in [0.05, 0.1) is 31.1 Å². The predicted octanol–water partition coefficient (Wildman–Crippen LogP) is 6.53. The van der Waals surface area contributed by atoms with E-state index >= 15 is 8.78 Å². The maximum absolute atomic E-state index is 15.2. The number of hydrogen-bond acceptors (Lipinski definition) is 10. The number of aryl methyl sites for hydroxylation is 1. The van der Waals surface area contributed by atoms with Gasteiger partial charge in [0.2, 0.25) is 5.95 Å². The molecule has 47 heavy (non-hydrogen) atoms. The van der Waals surface area contributed by atoms with Crippen molar-refractivity contribution in [2.24, 2.45) is 0 Å². The number of likely N-dealkylation sites (N-methyl/N-ethyl adjacent to an activating group) is 1. The molecular formula is C33H45F2N8O3P. The van der Waals surface area contributed by atoms with Gasteiger partial charge in [-0.25, -0.2) is 28.7 Å². The molecule has 0 amide bonds. The number of nitrogens with one attached hydrogen (secondary N) is 1. The van der Waals surface area contributed by atoms with Crippen molar-refractivity contribution in [3.8, 4) is 11.3 Å². The minimum atomic E-state index is -3.06. The van der Waals surface area contributed by atoms with Crippen molar-refractivity contribution in [2.45, 2.75) is 60.0 Å². The molecule has 3 aromatic heterocycles. The Balaban J connectivity index is 1.24. The molecule has 14 heteroatoms. The minimum absolute atomic E-state index is 0.0141. The number of pyridine rings is 1. The van der Waals surface area contributed by atoms with Crippen LogP contribution in [0.15, 0.2) is 30.5 Å². The number of hydrogen-bond donors (Lipinski definition) is 1. The van der Waals surface area contributed by atoms with Crippen LogP contribution in [0.2, 0.25) is 0 Å². The summed E-state index contributed by atoms with van der Waals surface area (Å²) in [4.78, 5) is 22.3. The Bertz CT molecular complexity index is 1770. The number of imidazole rings is 1. The highest BCUT2D eigenvalue weighted by molar-refractivity contribution is 7.53. The van der Waals surface area contributed by atoms with Gasteiger partial charge in [-0.2, -0.15) is 0 Å². The van der Waals surface area contributed by atoms with E-state index in [1.807, 2.05) is 65.3 Å².